The summed E-state index contributed by atoms with van der Waals surface area (Å²) < 4.78 is 0. The number of nitrogens with one attached hydrogen (secondary N) is 2. The summed E-state index contributed by atoms with van der Waals surface area (Å²) in [4.78, 5) is 22.3. The fraction of sp³-hybridized carbons (Fsp3) is 0.615. The molecule has 6 heteroatoms. The first-order valence-electron chi connectivity index (χ1n) is 6.67. The molecular formula is C13H21N5O. The zero-order chi connectivity index (χ0) is 13.7. The lowest BCUT2D eigenvalue weighted by molar-refractivity contribution is 0.0946. The van der Waals surface area contributed by atoms with Crippen LogP contribution in [0, 0.1) is 0 Å². The Kier molecular flexibility index (Phi) is 4.68. The normalized spacial score (nSPS) is 14.5. The lowest BCUT2D eigenvalue weighted by Gasteiger charge is -2.10. The molecule has 1 aromatic heterocycles. The summed E-state index contributed by atoms with van der Waals surface area (Å²) in [5.74, 6) is 0.406. The van der Waals surface area contributed by atoms with Gasteiger partial charge in [0.05, 0.1) is 0 Å². The van der Waals surface area contributed by atoms with E-state index in [2.05, 4.69) is 25.5 Å². The molecule has 1 aromatic rings. The molecule has 0 spiro atoms. The highest BCUT2D eigenvalue weighted by atomic mass is 16.2. The van der Waals surface area contributed by atoms with Gasteiger partial charge < -0.3 is 15.5 Å². The molecule has 1 saturated carbocycles. The predicted octanol–water partition coefficient (Wildman–Crippen LogP) is 0.732. The van der Waals surface area contributed by atoms with Crippen molar-refractivity contribution in [3.8, 4) is 0 Å². The minimum absolute atomic E-state index is 0.110. The van der Waals surface area contributed by atoms with Crippen molar-refractivity contribution in [1.82, 2.24) is 20.2 Å². The number of carbonyl (C=O) groups excluding carboxylic acids is 1. The number of hydrogen-bond acceptors (Lipinski definition) is 5. The summed E-state index contributed by atoms with van der Waals surface area (Å²) in [6.07, 6.45) is 4.77. The molecule has 0 atom stereocenters. The van der Waals surface area contributed by atoms with Crippen LogP contribution in [0.1, 0.15) is 29.8 Å². The maximum Gasteiger partial charge on any atom is 0.270 e. The van der Waals surface area contributed by atoms with Gasteiger partial charge >= 0.3 is 0 Å². The molecule has 1 aliphatic rings. The van der Waals surface area contributed by atoms with Crippen LogP contribution in [0.5, 0.6) is 0 Å². The van der Waals surface area contributed by atoms with Crippen molar-refractivity contribution in [2.75, 3.05) is 32.5 Å². The molecule has 19 heavy (non-hydrogen) atoms. The second-order valence-corrected chi connectivity index (χ2v) is 5.10. The Balaban J connectivity index is 1.82. The minimum atomic E-state index is -0.110. The molecule has 1 amide bonds. The van der Waals surface area contributed by atoms with E-state index < -0.39 is 0 Å². The summed E-state index contributed by atoms with van der Waals surface area (Å²) in [6, 6.07) is 1.99. The van der Waals surface area contributed by atoms with Crippen LogP contribution < -0.4 is 10.6 Å². The average molecular weight is 263 g/mol. The zero-order valence-corrected chi connectivity index (χ0v) is 11.5. The first kappa shape index (κ1) is 13.7. The van der Waals surface area contributed by atoms with Crippen LogP contribution in [0.4, 0.5) is 5.95 Å². The van der Waals surface area contributed by atoms with Gasteiger partial charge in [0.1, 0.15) is 5.69 Å². The van der Waals surface area contributed by atoms with Crippen LogP contribution in [-0.2, 0) is 0 Å². The molecule has 104 valence electrons. The Hall–Kier alpha value is -1.69. The van der Waals surface area contributed by atoms with Gasteiger partial charge in [-0.15, -0.1) is 0 Å². The molecule has 2 N–H and O–H groups in total. The average Bonchev–Trinajstić information content (AvgIpc) is 3.19. The molecule has 0 bridgehead atoms. The largest absolute Gasteiger partial charge is 0.354 e. The lowest BCUT2D eigenvalue weighted by Crippen LogP contribution is -2.26. The number of aromatic nitrogens is 2. The zero-order valence-electron chi connectivity index (χ0n) is 11.5. The predicted molar refractivity (Wildman–Crippen MR) is 74.2 cm³/mol. The van der Waals surface area contributed by atoms with E-state index in [1.807, 2.05) is 14.1 Å². The number of carbonyl (C=O) groups is 1. The van der Waals surface area contributed by atoms with Crippen LogP contribution in [0.2, 0.25) is 0 Å². The number of anilines is 1. The molecule has 1 fully saturated rings. The molecule has 6 nitrogen and oxygen atoms in total. The summed E-state index contributed by atoms with van der Waals surface area (Å²) in [5, 5.41) is 6.05. The van der Waals surface area contributed by atoms with Crippen LogP contribution in [0.3, 0.4) is 0 Å². The summed E-state index contributed by atoms with van der Waals surface area (Å²) in [6.45, 7) is 1.81. The minimum Gasteiger partial charge on any atom is -0.354 e. The molecule has 2 rings (SSSR count). The number of nitrogens with zero attached hydrogens (tertiary/aromatic N) is 3. The Labute approximate surface area is 113 Å². The highest BCUT2D eigenvalue weighted by molar-refractivity contribution is 5.92. The third-order valence-corrected chi connectivity index (χ3v) is 2.87. The monoisotopic (exact) mass is 263 g/mol. The Morgan fingerprint density at radius 3 is 2.95 bits per heavy atom. The van der Waals surface area contributed by atoms with Crippen molar-refractivity contribution in [2.24, 2.45) is 0 Å². The molecule has 0 aromatic carbocycles. The van der Waals surface area contributed by atoms with Gasteiger partial charge in [-0.3, -0.25) is 4.79 Å². The summed E-state index contributed by atoms with van der Waals surface area (Å²) in [5.41, 5.74) is 0.428. The number of rotatable bonds is 7. The first-order valence-corrected chi connectivity index (χ1v) is 6.67. The van der Waals surface area contributed by atoms with Crippen molar-refractivity contribution in [3.63, 3.8) is 0 Å². The lowest BCUT2D eigenvalue weighted by atomic mass is 10.3. The van der Waals surface area contributed by atoms with E-state index in [9.17, 15) is 4.79 Å². The van der Waals surface area contributed by atoms with Gasteiger partial charge in [0.15, 0.2) is 0 Å². The van der Waals surface area contributed by atoms with Crippen molar-refractivity contribution in [2.45, 2.75) is 25.3 Å². The van der Waals surface area contributed by atoms with Gasteiger partial charge in [-0.2, -0.15) is 0 Å². The van der Waals surface area contributed by atoms with Gasteiger partial charge in [-0.05, 0) is 46.0 Å². The third-order valence-electron chi connectivity index (χ3n) is 2.87. The van der Waals surface area contributed by atoms with E-state index in [1.165, 1.54) is 0 Å². The molecule has 0 radical (unpaired) electrons. The van der Waals surface area contributed by atoms with Crippen molar-refractivity contribution >= 4 is 11.9 Å². The van der Waals surface area contributed by atoms with Crippen molar-refractivity contribution in [3.05, 3.63) is 18.0 Å². The van der Waals surface area contributed by atoms with Crippen LogP contribution >= 0.6 is 0 Å². The van der Waals surface area contributed by atoms with E-state index in [1.54, 1.807) is 12.3 Å². The molecule has 1 heterocycles. The maximum absolute atomic E-state index is 11.8. The second-order valence-electron chi connectivity index (χ2n) is 5.10. The van der Waals surface area contributed by atoms with Gasteiger partial charge in [0.2, 0.25) is 5.95 Å². The van der Waals surface area contributed by atoms with Crippen molar-refractivity contribution in [1.29, 1.82) is 0 Å². The first-order chi connectivity index (χ1) is 9.15. The number of hydrogen-bond donors (Lipinski definition) is 2. The van der Waals surface area contributed by atoms with E-state index in [0.717, 1.165) is 32.4 Å². The maximum atomic E-state index is 11.8. The quantitative estimate of drug-likeness (QED) is 0.710. The topological polar surface area (TPSA) is 70.2 Å². The van der Waals surface area contributed by atoms with Crippen LogP contribution in [0.25, 0.3) is 0 Å². The van der Waals surface area contributed by atoms with Crippen LogP contribution in [-0.4, -0.2) is 54.0 Å². The molecule has 1 aliphatic carbocycles. The fourth-order valence-electron chi connectivity index (χ4n) is 1.65. The van der Waals surface area contributed by atoms with E-state index >= 15 is 0 Å². The Morgan fingerprint density at radius 1 is 1.47 bits per heavy atom. The summed E-state index contributed by atoms with van der Waals surface area (Å²) in [7, 11) is 4.08. The van der Waals surface area contributed by atoms with Gasteiger partial charge in [0, 0.05) is 18.8 Å². The van der Waals surface area contributed by atoms with E-state index in [-0.39, 0.29) is 5.91 Å². The fourth-order valence-corrected chi connectivity index (χ4v) is 1.65. The highest BCUT2D eigenvalue weighted by Gasteiger charge is 2.24. The van der Waals surface area contributed by atoms with E-state index in [4.69, 9.17) is 0 Å². The van der Waals surface area contributed by atoms with Gasteiger partial charge in [-0.25, -0.2) is 9.97 Å². The second kappa shape index (κ2) is 6.47. The SMILES string of the molecule is CN(C)CCCNc1nccc(C(=O)NC2CC2)n1. The third kappa shape index (κ3) is 4.82. The summed E-state index contributed by atoms with van der Waals surface area (Å²) >= 11 is 0. The molecule has 0 unspecified atom stereocenters. The van der Waals surface area contributed by atoms with E-state index in [0.29, 0.717) is 17.7 Å². The molecular weight excluding hydrogens is 242 g/mol. The van der Waals surface area contributed by atoms with Gasteiger partial charge in [0.25, 0.3) is 5.91 Å². The van der Waals surface area contributed by atoms with Gasteiger partial charge in [-0.1, -0.05) is 0 Å². The molecule has 0 saturated heterocycles. The van der Waals surface area contributed by atoms with Crippen molar-refractivity contribution < 1.29 is 4.79 Å². The Bertz CT molecular complexity index is 431. The molecule has 0 aliphatic heterocycles. The van der Waals surface area contributed by atoms with Crippen LogP contribution in [0.15, 0.2) is 12.3 Å². The number of amides is 1. The highest BCUT2D eigenvalue weighted by Crippen LogP contribution is 2.19. The smallest absolute Gasteiger partial charge is 0.270 e. The Morgan fingerprint density at radius 2 is 2.26 bits per heavy atom. The standard InChI is InChI=1S/C13H21N5O/c1-18(2)9-3-7-14-13-15-8-6-11(17-13)12(19)16-10-4-5-10/h6,8,10H,3-5,7,9H2,1-2H3,(H,16,19)(H,14,15,17).